The minimum absolute atomic E-state index is 0.640. The van der Waals surface area contributed by atoms with E-state index in [1.165, 1.54) is 0 Å². The van der Waals surface area contributed by atoms with Gasteiger partial charge in [-0.05, 0) is 36.6 Å². The first-order valence-corrected chi connectivity index (χ1v) is 7.03. The van der Waals surface area contributed by atoms with Gasteiger partial charge in [-0.3, -0.25) is 0 Å². The highest BCUT2D eigenvalue weighted by Crippen LogP contribution is 2.15. The second kappa shape index (κ2) is 12.1. The van der Waals surface area contributed by atoms with Crippen LogP contribution in [0.15, 0.2) is 59.8 Å². The average Bonchev–Trinajstić information content (AvgIpc) is 2.42. The van der Waals surface area contributed by atoms with Gasteiger partial charge in [0.1, 0.15) is 0 Å². The van der Waals surface area contributed by atoms with E-state index in [1.807, 2.05) is 45.9 Å². The molecule has 0 atom stereocenters. The molecule has 0 aliphatic rings. The molecule has 0 fully saturated rings. The summed E-state index contributed by atoms with van der Waals surface area (Å²) >= 11 is 3.31. The van der Waals surface area contributed by atoms with E-state index in [9.17, 15) is 0 Å². The zero-order valence-electron chi connectivity index (χ0n) is 11.8. The van der Waals surface area contributed by atoms with Crippen molar-refractivity contribution in [2.45, 2.75) is 27.7 Å². The standard InChI is InChI=1S/C14H16BrN.C2H6/c1-5-6-14(10-16)13(4)12(3)8-7-11(2)9-15;1-2/h5-8H,2-3,9H2,1,4H3;1-2H3/b6-5-,8-7-,14-13-;. The molecule has 1 nitrogen and oxygen atoms in total. The van der Waals surface area contributed by atoms with Gasteiger partial charge >= 0.3 is 0 Å². The Morgan fingerprint density at radius 2 is 1.78 bits per heavy atom. The first-order valence-electron chi connectivity index (χ1n) is 5.91. The fourth-order valence-corrected chi connectivity index (χ4v) is 1.16. The number of alkyl halides is 1. The molecule has 0 aliphatic carbocycles. The molecule has 0 bridgehead atoms. The summed E-state index contributed by atoms with van der Waals surface area (Å²) in [4.78, 5) is 0. The van der Waals surface area contributed by atoms with Gasteiger partial charge in [0.15, 0.2) is 0 Å². The van der Waals surface area contributed by atoms with E-state index < -0.39 is 0 Å². The molecule has 0 rings (SSSR count). The zero-order valence-corrected chi connectivity index (χ0v) is 13.3. The van der Waals surface area contributed by atoms with Crippen LogP contribution in [0.2, 0.25) is 0 Å². The topological polar surface area (TPSA) is 23.8 Å². The predicted octanol–water partition coefficient (Wildman–Crippen LogP) is 5.49. The Balaban J connectivity index is 0. The second-order valence-electron chi connectivity index (χ2n) is 3.30. The Morgan fingerprint density at radius 1 is 1.22 bits per heavy atom. The molecule has 18 heavy (non-hydrogen) atoms. The lowest BCUT2D eigenvalue weighted by atomic mass is 10.0. The van der Waals surface area contributed by atoms with E-state index >= 15 is 0 Å². The van der Waals surface area contributed by atoms with Gasteiger partial charge in [-0.25, -0.2) is 0 Å². The molecule has 0 aliphatic heterocycles. The fourth-order valence-electron chi connectivity index (χ4n) is 0.974. The van der Waals surface area contributed by atoms with Crippen LogP contribution >= 0.6 is 15.9 Å². The number of nitriles is 1. The summed E-state index contributed by atoms with van der Waals surface area (Å²) in [6.07, 6.45) is 7.40. The number of halogens is 1. The lowest BCUT2D eigenvalue weighted by molar-refractivity contribution is 1.37. The zero-order chi connectivity index (χ0) is 14.6. The van der Waals surface area contributed by atoms with Crippen molar-refractivity contribution in [3.8, 4) is 6.07 Å². The van der Waals surface area contributed by atoms with Gasteiger partial charge in [0, 0.05) is 5.33 Å². The fraction of sp³-hybridized carbons (Fsp3) is 0.312. The van der Waals surface area contributed by atoms with Crippen LogP contribution in [0.1, 0.15) is 27.7 Å². The summed E-state index contributed by atoms with van der Waals surface area (Å²) < 4.78 is 0. The molecule has 0 radical (unpaired) electrons. The molecule has 0 heterocycles. The van der Waals surface area contributed by atoms with Gasteiger partial charge in [-0.2, -0.15) is 5.26 Å². The maximum atomic E-state index is 8.95. The van der Waals surface area contributed by atoms with Crippen LogP contribution in [0.4, 0.5) is 0 Å². The van der Waals surface area contributed by atoms with Crippen LogP contribution < -0.4 is 0 Å². The number of allylic oxidation sites excluding steroid dienone is 8. The van der Waals surface area contributed by atoms with Crippen molar-refractivity contribution in [1.82, 2.24) is 0 Å². The number of rotatable bonds is 5. The molecule has 0 spiro atoms. The summed E-state index contributed by atoms with van der Waals surface area (Å²) in [5, 5.41) is 9.69. The van der Waals surface area contributed by atoms with Crippen LogP contribution in [0.25, 0.3) is 0 Å². The van der Waals surface area contributed by atoms with Gasteiger partial charge in [0.2, 0.25) is 0 Å². The van der Waals surface area contributed by atoms with Crippen LogP contribution in [0.5, 0.6) is 0 Å². The quantitative estimate of drug-likeness (QED) is 0.374. The van der Waals surface area contributed by atoms with E-state index in [-0.39, 0.29) is 0 Å². The third kappa shape index (κ3) is 7.86. The van der Waals surface area contributed by atoms with Crippen molar-refractivity contribution < 1.29 is 0 Å². The lowest BCUT2D eigenvalue weighted by Crippen LogP contribution is -1.86. The highest BCUT2D eigenvalue weighted by atomic mass is 79.9. The maximum absolute atomic E-state index is 8.95. The number of hydrogen-bond acceptors (Lipinski definition) is 1. The highest BCUT2D eigenvalue weighted by Gasteiger charge is 1.99. The van der Waals surface area contributed by atoms with E-state index in [2.05, 4.69) is 35.2 Å². The summed E-state index contributed by atoms with van der Waals surface area (Å²) in [6.45, 7) is 15.5. The van der Waals surface area contributed by atoms with Crippen molar-refractivity contribution in [2.75, 3.05) is 5.33 Å². The molecule has 2 heteroatoms. The molecule has 98 valence electrons. The minimum Gasteiger partial charge on any atom is -0.192 e. The second-order valence-corrected chi connectivity index (χ2v) is 3.86. The largest absolute Gasteiger partial charge is 0.192 e. The smallest absolute Gasteiger partial charge is 0.0994 e. The molecule has 0 aromatic carbocycles. The van der Waals surface area contributed by atoms with Crippen LogP contribution in [-0.4, -0.2) is 5.33 Å². The molecule has 0 N–H and O–H groups in total. The molecular weight excluding hydrogens is 286 g/mol. The Labute approximate surface area is 120 Å². The number of nitrogens with zero attached hydrogens (tertiary/aromatic N) is 1. The van der Waals surface area contributed by atoms with E-state index in [4.69, 9.17) is 5.26 Å². The summed E-state index contributed by atoms with van der Waals surface area (Å²) in [5.41, 5.74) is 3.33. The van der Waals surface area contributed by atoms with Gasteiger partial charge in [0.05, 0.1) is 11.6 Å². The van der Waals surface area contributed by atoms with Crippen LogP contribution in [0.3, 0.4) is 0 Å². The van der Waals surface area contributed by atoms with Crippen molar-refractivity contribution in [3.63, 3.8) is 0 Å². The molecule has 0 saturated heterocycles. The SMILES string of the molecule is C=C(/C=C\C(=C)/C(C)=C(C#N)/C=C\C)CBr.CC. The van der Waals surface area contributed by atoms with Gasteiger partial charge in [0.25, 0.3) is 0 Å². The van der Waals surface area contributed by atoms with Gasteiger partial charge in [-0.1, -0.05) is 61.2 Å². The molecule has 0 amide bonds. The van der Waals surface area contributed by atoms with Crippen molar-refractivity contribution in [1.29, 1.82) is 5.26 Å². The van der Waals surface area contributed by atoms with Gasteiger partial charge < -0.3 is 0 Å². The third-order valence-corrected chi connectivity index (χ3v) is 2.75. The van der Waals surface area contributed by atoms with Crippen molar-refractivity contribution >= 4 is 15.9 Å². The summed E-state index contributed by atoms with van der Waals surface area (Å²) in [6, 6.07) is 2.15. The number of hydrogen-bond donors (Lipinski definition) is 0. The first-order chi connectivity index (χ1) is 8.56. The normalized spacial score (nSPS) is 11.6. The maximum Gasteiger partial charge on any atom is 0.0994 e. The van der Waals surface area contributed by atoms with Crippen LogP contribution in [-0.2, 0) is 0 Å². The highest BCUT2D eigenvalue weighted by molar-refractivity contribution is 9.09. The summed E-state index contributed by atoms with van der Waals surface area (Å²) in [7, 11) is 0. The van der Waals surface area contributed by atoms with Crippen molar-refractivity contribution in [2.24, 2.45) is 0 Å². The Bertz CT molecular complexity index is 403. The van der Waals surface area contributed by atoms with Gasteiger partial charge in [-0.15, -0.1) is 0 Å². The Kier molecular flexibility index (Phi) is 12.8. The molecule has 0 aromatic rings. The predicted molar refractivity (Wildman–Crippen MR) is 85.7 cm³/mol. The van der Waals surface area contributed by atoms with E-state index in [1.54, 1.807) is 6.08 Å². The lowest BCUT2D eigenvalue weighted by Gasteiger charge is -2.02. The monoisotopic (exact) mass is 307 g/mol. The first kappa shape index (κ1) is 19.0. The third-order valence-electron chi connectivity index (χ3n) is 2.03. The van der Waals surface area contributed by atoms with Crippen molar-refractivity contribution in [3.05, 3.63) is 59.8 Å². The minimum atomic E-state index is 0.640. The summed E-state index contributed by atoms with van der Waals surface area (Å²) in [5.74, 6) is 0. The van der Waals surface area contributed by atoms with Crippen LogP contribution in [0, 0.1) is 11.3 Å². The molecular formula is C16H22BrN. The molecule has 0 unspecified atom stereocenters. The Hall–Kier alpha value is -1.33. The van der Waals surface area contributed by atoms with E-state index in [0.29, 0.717) is 5.57 Å². The molecule has 0 aromatic heterocycles. The average molecular weight is 308 g/mol. The Morgan fingerprint density at radius 3 is 2.17 bits per heavy atom. The van der Waals surface area contributed by atoms with E-state index in [0.717, 1.165) is 22.0 Å². The molecule has 0 saturated carbocycles.